The van der Waals surface area contributed by atoms with E-state index in [1.807, 2.05) is 12.1 Å². The predicted octanol–water partition coefficient (Wildman–Crippen LogP) is 1.65. The Balaban J connectivity index is 1.14. The molecule has 216 valence electrons. The van der Waals surface area contributed by atoms with Gasteiger partial charge in [-0.15, -0.1) is 0 Å². The lowest BCUT2D eigenvalue weighted by atomic mass is 10.0. The fourth-order valence-corrected chi connectivity index (χ4v) is 5.64. The van der Waals surface area contributed by atoms with Crippen LogP contribution >= 0.6 is 0 Å². The van der Waals surface area contributed by atoms with E-state index in [2.05, 4.69) is 30.4 Å². The molecule has 6 N–H and O–H groups in total. The van der Waals surface area contributed by atoms with Gasteiger partial charge in [0, 0.05) is 63.8 Å². The molecule has 1 aromatic carbocycles. The van der Waals surface area contributed by atoms with Crippen molar-refractivity contribution in [2.24, 2.45) is 16.5 Å². The number of anilines is 2. The van der Waals surface area contributed by atoms with E-state index in [1.165, 1.54) is 0 Å². The Morgan fingerprint density at radius 3 is 2.55 bits per heavy atom. The number of piperidine rings is 1. The monoisotopic (exact) mass is 551 g/mol. The molecule has 0 spiro atoms. The first-order valence-electron chi connectivity index (χ1n) is 14.4. The zero-order valence-corrected chi connectivity index (χ0v) is 23.1. The number of Topliss-reactive ketones (excluding diaryl/α,β-unsaturated/α-hetero) is 1. The minimum atomic E-state index is -0.304. The number of likely N-dealkylation sites (tertiary alicyclic amines) is 1. The molecule has 0 saturated carbocycles. The van der Waals surface area contributed by atoms with Gasteiger partial charge in [-0.05, 0) is 63.4 Å². The van der Waals surface area contributed by atoms with E-state index in [1.54, 1.807) is 16.8 Å². The third-order valence-electron chi connectivity index (χ3n) is 7.91. The summed E-state index contributed by atoms with van der Waals surface area (Å²) in [6.45, 7) is 8.60. The lowest BCUT2D eigenvalue weighted by molar-refractivity contribution is 0.0977. The quantitative estimate of drug-likeness (QED) is 0.120. The van der Waals surface area contributed by atoms with Crippen LogP contribution in [0.15, 0.2) is 34.2 Å². The van der Waals surface area contributed by atoms with Crippen LogP contribution < -0.4 is 32.5 Å². The van der Waals surface area contributed by atoms with Crippen molar-refractivity contribution in [3.8, 4) is 11.5 Å². The van der Waals surface area contributed by atoms with E-state index < -0.39 is 0 Å². The molecule has 2 saturated heterocycles. The summed E-state index contributed by atoms with van der Waals surface area (Å²) < 4.78 is 7.82. The number of aromatic nitrogens is 2. The molecule has 5 rings (SSSR count). The van der Waals surface area contributed by atoms with E-state index in [0.29, 0.717) is 41.5 Å². The Kier molecular flexibility index (Phi) is 9.30. The molecule has 12 heteroatoms. The van der Waals surface area contributed by atoms with Gasteiger partial charge in [-0.1, -0.05) is 0 Å². The molecule has 0 radical (unpaired) electrons. The fraction of sp³-hybridized carbons (Fsp3) is 0.571. The topological polar surface area (TPSA) is 156 Å². The van der Waals surface area contributed by atoms with Gasteiger partial charge in [-0.3, -0.25) is 14.4 Å². The second-order valence-corrected chi connectivity index (χ2v) is 10.8. The summed E-state index contributed by atoms with van der Waals surface area (Å²) in [5, 5.41) is 6.57. The number of unbranched alkanes of at least 4 members (excludes halogenated alkanes) is 1. The van der Waals surface area contributed by atoms with Gasteiger partial charge in [0.1, 0.15) is 0 Å². The first kappa shape index (κ1) is 28.1. The van der Waals surface area contributed by atoms with Crippen molar-refractivity contribution < 1.29 is 9.53 Å². The first-order chi connectivity index (χ1) is 19.5. The number of carbonyl (C=O) groups is 1. The standard InChI is InChI=1S/C28H41N9O3/c29-27(30)32-9-3-13-35-14-7-21(8-15-35)37-19-25-26(34-28(37)39)33-22-18-20(5-6-24(22)40-25)23(38)4-1-2-12-36-16-10-31-11-17-36/h5-6,18-19,21,31H,1-4,7-17H2,(H4,29,30,32)(H,33,34,39). The number of nitrogens with two attached hydrogens (primary N) is 2. The third kappa shape index (κ3) is 7.18. The van der Waals surface area contributed by atoms with Gasteiger partial charge >= 0.3 is 5.69 Å². The average molecular weight is 552 g/mol. The number of hydrogen-bond donors (Lipinski definition) is 4. The van der Waals surface area contributed by atoms with Gasteiger partial charge in [0.05, 0.1) is 11.9 Å². The maximum Gasteiger partial charge on any atom is 0.350 e. The summed E-state index contributed by atoms with van der Waals surface area (Å²) in [6, 6.07) is 5.50. The van der Waals surface area contributed by atoms with Gasteiger partial charge in [0.15, 0.2) is 29.1 Å². The van der Waals surface area contributed by atoms with E-state index in [9.17, 15) is 9.59 Å². The molecule has 2 fully saturated rings. The molecular weight excluding hydrogens is 510 g/mol. The summed E-state index contributed by atoms with van der Waals surface area (Å²) in [5.41, 5.74) is 11.8. The van der Waals surface area contributed by atoms with Crippen LogP contribution in [0.4, 0.5) is 11.5 Å². The predicted molar refractivity (Wildman–Crippen MR) is 156 cm³/mol. The molecule has 3 aliphatic heterocycles. The molecule has 3 aliphatic rings. The van der Waals surface area contributed by atoms with Gasteiger partial charge in [-0.2, -0.15) is 4.98 Å². The molecule has 40 heavy (non-hydrogen) atoms. The maximum absolute atomic E-state index is 12.9. The molecule has 4 heterocycles. The van der Waals surface area contributed by atoms with Gasteiger partial charge < -0.3 is 36.6 Å². The molecular formula is C28H41N9O3. The minimum absolute atomic E-state index is 0.0656. The molecule has 2 aromatic rings. The highest BCUT2D eigenvalue weighted by atomic mass is 16.5. The van der Waals surface area contributed by atoms with E-state index in [0.717, 1.165) is 84.5 Å². The summed E-state index contributed by atoms with van der Waals surface area (Å²) in [4.78, 5) is 38.9. The zero-order chi connectivity index (χ0) is 27.9. The average Bonchev–Trinajstić information content (AvgIpc) is 2.96. The number of nitrogens with zero attached hydrogens (tertiary/aromatic N) is 5. The number of carbonyl (C=O) groups excluding carboxylic acids is 1. The van der Waals surface area contributed by atoms with E-state index in [4.69, 9.17) is 16.2 Å². The molecule has 0 unspecified atom stereocenters. The molecule has 0 bridgehead atoms. The van der Waals surface area contributed by atoms with Crippen LogP contribution in [0.2, 0.25) is 0 Å². The SMILES string of the molecule is NC(N)=NCCCN1CCC(n2cc3c(nc2=O)Nc2cc(C(=O)CCCCN4CCNCC4)ccc2O3)CC1. The second kappa shape index (κ2) is 13.2. The number of ketones is 1. The highest BCUT2D eigenvalue weighted by molar-refractivity contribution is 5.97. The van der Waals surface area contributed by atoms with Crippen LogP contribution in [0, 0.1) is 0 Å². The number of fused-ring (bicyclic) bond motifs is 2. The van der Waals surface area contributed by atoms with E-state index in [-0.39, 0.29) is 23.5 Å². The molecule has 12 nitrogen and oxygen atoms in total. The van der Waals surface area contributed by atoms with Gasteiger partial charge in [0.25, 0.3) is 0 Å². The number of benzene rings is 1. The number of ether oxygens (including phenoxy) is 1. The number of guanidine groups is 1. The van der Waals surface area contributed by atoms with Crippen molar-refractivity contribution in [3.63, 3.8) is 0 Å². The Labute approximate surface area is 234 Å². The van der Waals surface area contributed by atoms with Crippen molar-refractivity contribution in [3.05, 3.63) is 40.4 Å². The lowest BCUT2D eigenvalue weighted by Crippen LogP contribution is -2.43. The highest BCUT2D eigenvalue weighted by Gasteiger charge is 2.25. The fourth-order valence-electron chi connectivity index (χ4n) is 5.64. The maximum atomic E-state index is 12.9. The van der Waals surface area contributed by atoms with Crippen LogP contribution in [-0.2, 0) is 0 Å². The Morgan fingerprint density at radius 2 is 1.77 bits per heavy atom. The van der Waals surface area contributed by atoms with Crippen LogP contribution in [0.25, 0.3) is 0 Å². The van der Waals surface area contributed by atoms with Crippen LogP contribution in [-0.4, -0.2) is 90.0 Å². The van der Waals surface area contributed by atoms with Crippen molar-refractivity contribution >= 4 is 23.2 Å². The van der Waals surface area contributed by atoms with Crippen molar-refractivity contribution in [2.45, 2.75) is 44.6 Å². The molecule has 0 atom stereocenters. The van der Waals surface area contributed by atoms with E-state index >= 15 is 0 Å². The Hall–Kier alpha value is -3.48. The number of rotatable bonds is 11. The largest absolute Gasteiger partial charge is 0.450 e. The van der Waals surface area contributed by atoms with Crippen molar-refractivity contribution in [1.29, 1.82) is 0 Å². The lowest BCUT2D eigenvalue weighted by Gasteiger charge is -2.33. The number of hydrogen-bond acceptors (Lipinski definition) is 9. The van der Waals surface area contributed by atoms with Crippen LogP contribution in [0.1, 0.15) is 54.9 Å². The number of aliphatic imine (C=N–C) groups is 1. The smallest absolute Gasteiger partial charge is 0.350 e. The third-order valence-corrected chi connectivity index (χ3v) is 7.91. The van der Waals surface area contributed by atoms with Crippen molar-refractivity contribution in [2.75, 3.05) is 64.2 Å². The highest BCUT2D eigenvalue weighted by Crippen LogP contribution is 2.41. The molecule has 0 amide bonds. The van der Waals surface area contributed by atoms with Gasteiger partial charge in [0.2, 0.25) is 0 Å². The second-order valence-electron chi connectivity index (χ2n) is 10.8. The molecule has 0 aliphatic carbocycles. The number of nitrogens with one attached hydrogen (secondary N) is 2. The van der Waals surface area contributed by atoms with Gasteiger partial charge in [-0.25, -0.2) is 4.79 Å². The van der Waals surface area contributed by atoms with Crippen molar-refractivity contribution in [1.82, 2.24) is 24.7 Å². The summed E-state index contributed by atoms with van der Waals surface area (Å²) in [6.07, 6.45) is 6.76. The zero-order valence-electron chi connectivity index (χ0n) is 23.1. The Morgan fingerprint density at radius 1 is 1.02 bits per heavy atom. The van der Waals surface area contributed by atoms with Crippen LogP contribution in [0.5, 0.6) is 11.5 Å². The normalized spacial score (nSPS) is 17.8. The first-order valence-corrected chi connectivity index (χ1v) is 14.4. The summed E-state index contributed by atoms with van der Waals surface area (Å²) in [7, 11) is 0. The number of piperazine rings is 1. The van der Waals surface area contributed by atoms with Crippen LogP contribution in [0.3, 0.4) is 0 Å². The minimum Gasteiger partial charge on any atom is -0.450 e. The summed E-state index contributed by atoms with van der Waals surface area (Å²) >= 11 is 0. The Bertz CT molecular complexity index is 1260. The molecule has 1 aromatic heterocycles. The summed E-state index contributed by atoms with van der Waals surface area (Å²) in [5.74, 6) is 1.75.